The summed E-state index contributed by atoms with van der Waals surface area (Å²) in [4.78, 5) is 6.09. The van der Waals surface area contributed by atoms with Crippen LogP contribution >= 0.6 is 0 Å². The molecule has 1 fully saturated rings. The van der Waals surface area contributed by atoms with Crippen LogP contribution in [0, 0.1) is 0 Å². The minimum Gasteiger partial charge on any atom is -0.504 e. The van der Waals surface area contributed by atoms with E-state index in [-0.39, 0.29) is 18.4 Å². The molecule has 0 amide bonds. The van der Waals surface area contributed by atoms with E-state index in [9.17, 15) is 5.11 Å². The molecule has 1 saturated heterocycles. The van der Waals surface area contributed by atoms with Gasteiger partial charge in [-0.1, -0.05) is 0 Å². The first kappa shape index (κ1) is 9.27. The van der Waals surface area contributed by atoms with Crippen molar-refractivity contribution < 1.29 is 10.2 Å². The summed E-state index contributed by atoms with van der Waals surface area (Å²) in [7, 11) is 0. The second-order valence-electron chi connectivity index (χ2n) is 3.52. The molecule has 2 N–H and O–H groups in total. The van der Waals surface area contributed by atoms with Gasteiger partial charge in [0.05, 0.1) is 12.6 Å². The molecule has 1 aromatic rings. The average molecular weight is 194 g/mol. The summed E-state index contributed by atoms with van der Waals surface area (Å²) >= 11 is 0. The van der Waals surface area contributed by atoms with Crippen molar-refractivity contribution in [3.8, 4) is 5.75 Å². The van der Waals surface area contributed by atoms with E-state index in [1.165, 1.54) is 0 Å². The Morgan fingerprint density at radius 2 is 2.43 bits per heavy atom. The molecule has 0 bridgehead atoms. The lowest BCUT2D eigenvalue weighted by atomic mass is 10.2. The Hall–Kier alpha value is -1.29. The second-order valence-corrected chi connectivity index (χ2v) is 3.52. The number of aromatic nitrogens is 1. The molecule has 1 aliphatic heterocycles. The highest BCUT2D eigenvalue weighted by Gasteiger charge is 2.26. The van der Waals surface area contributed by atoms with Gasteiger partial charge in [-0.2, -0.15) is 0 Å². The van der Waals surface area contributed by atoms with E-state index in [4.69, 9.17) is 5.11 Å². The van der Waals surface area contributed by atoms with E-state index in [1.807, 2.05) is 4.90 Å². The third kappa shape index (κ3) is 1.53. The van der Waals surface area contributed by atoms with E-state index < -0.39 is 0 Å². The van der Waals surface area contributed by atoms with Crippen LogP contribution in [0.4, 0.5) is 5.82 Å². The van der Waals surface area contributed by atoms with E-state index in [0.717, 1.165) is 19.4 Å². The van der Waals surface area contributed by atoms with Crippen LogP contribution < -0.4 is 4.90 Å². The lowest BCUT2D eigenvalue weighted by Crippen LogP contribution is -2.32. The summed E-state index contributed by atoms with van der Waals surface area (Å²) < 4.78 is 0. The molecular weight excluding hydrogens is 180 g/mol. The maximum absolute atomic E-state index is 9.60. The van der Waals surface area contributed by atoms with E-state index in [0.29, 0.717) is 5.82 Å². The third-order valence-corrected chi connectivity index (χ3v) is 2.63. The van der Waals surface area contributed by atoms with Crippen LogP contribution in [0.2, 0.25) is 0 Å². The van der Waals surface area contributed by atoms with Crippen molar-refractivity contribution in [2.24, 2.45) is 0 Å². The van der Waals surface area contributed by atoms with Crippen LogP contribution in [0.1, 0.15) is 12.8 Å². The monoisotopic (exact) mass is 194 g/mol. The molecule has 14 heavy (non-hydrogen) atoms. The van der Waals surface area contributed by atoms with Crippen LogP contribution in [0.3, 0.4) is 0 Å². The van der Waals surface area contributed by atoms with Crippen LogP contribution in [0.25, 0.3) is 0 Å². The number of nitrogens with zero attached hydrogens (tertiary/aromatic N) is 2. The molecule has 0 spiro atoms. The first-order valence-corrected chi connectivity index (χ1v) is 4.84. The van der Waals surface area contributed by atoms with Crippen LogP contribution in [-0.4, -0.2) is 34.4 Å². The van der Waals surface area contributed by atoms with Crippen LogP contribution in [0.5, 0.6) is 5.75 Å². The van der Waals surface area contributed by atoms with Crippen molar-refractivity contribution in [3.63, 3.8) is 0 Å². The quantitative estimate of drug-likeness (QED) is 0.729. The molecule has 2 heterocycles. The van der Waals surface area contributed by atoms with Crippen LogP contribution in [-0.2, 0) is 0 Å². The van der Waals surface area contributed by atoms with Crippen molar-refractivity contribution in [2.75, 3.05) is 18.1 Å². The number of hydrogen-bond acceptors (Lipinski definition) is 4. The molecular formula is C10H14N2O2. The number of aliphatic hydroxyl groups excluding tert-OH is 1. The lowest BCUT2D eigenvalue weighted by Gasteiger charge is -2.24. The SMILES string of the molecule is OC[C@@H]1CCCN1c1ncccc1O. The topological polar surface area (TPSA) is 56.6 Å². The Kier molecular flexibility index (Phi) is 2.54. The van der Waals surface area contributed by atoms with Gasteiger partial charge in [0.15, 0.2) is 11.6 Å². The summed E-state index contributed by atoms with van der Waals surface area (Å²) in [5.41, 5.74) is 0. The highest BCUT2D eigenvalue weighted by molar-refractivity contribution is 5.52. The van der Waals surface area contributed by atoms with Gasteiger partial charge in [0.25, 0.3) is 0 Å². The maximum atomic E-state index is 9.60. The normalized spacial score (nSPS) is 21.5. The fourth-order valence-electron chi connectivity index (χ4n) is 1.91. The third-order valence-electron chi connectivity index (χ3n) is 2.63. The van der Waals surface area contributed by atoms with Crippen molar-refractivity contribution >= 4 is 5.82 Å². The fourth-order valence-corrected chi connectivity index (χ4v) is 1.91. The zero-order chi connectivity index (χ0) is 9.97. The largest absolute Gasteiger partial charge is 0.504 e. The van der Waals surface area contributed by atoms with Gasteiger partial charge in [-0.3, -0.25) is 0 Å². The van der Waals surface area contributed by atoms with Gasteiger partial charge in [0.2, 0.25) is 0 Å². The minimum absolute atomic E-state index is 0.107. The molecule has 0 aromatic carbocycles. The van der Waals surface area contributed by atoms with Gasteiger partial charge in [-0.15, -0.1) is 0 Å². The molecule has 0 unspecified atom stereocenters. The second kappa shape index (κ2) is 3.84. The molecule has 4 heteroatoms. The minimum atomic E-state index is 0.107. The predicted octanol–water partition coefficient (Wildman–Crippen LogP) is 0.748. The Morgan fingerprint density at radius 1 is 1.57 bits per heavy atom. The van der Waals surface area contributed by atoms with Crippen molar-refractivity contribution in [2.45, 2.75) is 18.9 Å². The maximum Gasteiger partial charge on any atom is 0.171 e. The molecule has 1 aliphatic rings. The Bertz CT molecular complexity index is 317. The van der Waals surface area contributed by atoms with Crippen LogP contribution in [0.15, 0.2) is 18.3 Å². The highest BCUT2D eigenvalue weighted by Crippen LogP contribution is 2.29. The zero-order valence-corrected chi connectivity index (χ0v) is 7.93. The van der Waals surface area contributed by atoms with E-state index in [2.05, 4.69) is 4.98 Å². The van der Waals surface area contributed by atoms with Gasteiger partial charge in [-0.25, -0.2) is 4.98 Å². The average Bonchev–Trinajstić information content (AvgIpc) is 2.66. The lowest BCUT2D eigenvalue weighted by molar-refractivity contribution is 0.265. The Morgan fingerprint density at radius 3 is 3.14 bits per heavy atom. The zero-order valence-electron chi connectivity index (χ0n) is 7.93. The number of aromatic hydroxyl groups is 1. The summed E-state index contributed by atoms with van der Waals surface area (Å²) in [6.07, 6.45) is 3.66. The van der Waals surface area contributed by atoms with Gasteiger partial charge in [-0.05, 0) is 25.0 Å². The van der Waals surface area contributed by atoms with E-state index in [1.54, 1.807) is 18.3 Å². The number of hydrogen-bond donors (Lipinski definition) is 2. The summed E-state index contributed by atoms with van der Waals surface area (Å²) in [5.74, 6) is 0.775. The molecule has 0 aliphatic carbocycles. The van der Waals surface area contributed by atoms with Crippen molar-refractivity contribution in [1.82, 2.24) is 4.98 Å². The first-order chi connectivity index (χ1) is 6.83. The number of pyridine rings is 1. The predicted molar refractivity (Wildman–Crippen MR) is 53.4 cm³/mol. The summed E-state index contributed by atoms with van der Waals surface area (Å²) in [6, 6.07) is 3.42. The van der Waals surface area contributed by atoms with E-state index >= 15 is 0 Å². The fraction of sp³-hybridized carbons (Fsp3) is 0.500. The van der Waals surface area contributed by atoms with Gasteiger partial charge in [0, 0.05) is 12.7 Å². The molecule has 0 saturated carbocycles. The van der Waals surface area contributed by atoms with Gasteiger partial charge < -0.3 is 15.1 Å². The summed E-state index contributed by atoms with van der Waals surface area (Å²) in [6.45, 7) is 0.978. The molecule has 0 radical (unpaired) electrons. The Labute approximate surface area is 82.8 Å². The summed E-state index contributed by atoms with van der Waals surface area (Å²) in [5, 5.41) is 18.7. The molecule has 2 rings (SSSR count). The van der Waals surface area contributed by atoms with Crippen molar-refractivity contribution in [3.05, 3.63) is 18.3 Å². The molecule has 1 aromatic heterocycles. The Balaban J connectivity index is 2.26. The highest BCUT2D eigenvalue weighted by atomic mass is 16.3. The first-order valence-electron chi connectivity index (χ1n) is 4.84. The number of aliphatic hydroxyl groups is 1. The number of rotatable bonds is 2. The van der Waals surface area contributed by atoms with Gasteiger partial charge >= 0.3 is 0 Å². The smallest absolute Gasteiger partial charge is 0.171 e. The molecule has 76 valence electrons. The standard InChI is InChI=1S/C10H14N2O2/c13-7-8-3-2-6-12(8)10-9(14)4-1-5-11-10/h1,4-5,8,13-14H,2-3,6-7H2/t8-/m0/s1. The van der Waals surface area contributed by atoms with Crippen molar-refractivity contribution in [1.29, 1.82) is 0 Å². The molecule has 4 nitrogen and oxygen atoms in total. The molecule has 1 atom stereocenters. The van der Waals surface area contributed by atoms with Gasteiger partial charge in [0.1, 0.15) is 0 Å². The number of anilines is 1.